The molecule has 0 unspecified atom stereocenters. The van der Waals surface area contributed by atoms with Gasteiger partial charge in [-0.1, -0.05) is 55.7 Å². The monoisotopic (exact) mass is 276 g/mol. The molecule has 0 spiro atoms. The van der Waals surface area contributed by atoms with Crippen molar-refractivity contribution in [3.63, 3.8) is 0 Å². The fraction of sp³-hybridized carbons (Fsp3) is 0.562. The van der Waals surface area contributed by atoms with E-state index in [0.717, 1.165) is 18.0 Å². The molecule has 0 radical (unpaired) electrons. The zero-order chi connectivity index (χ0) is 13.7. The minimum absolute atomic E-state index is 0.474. The SMILES string of the molecule is CN(Cc1ccc(C(N)=S)cc1)CC1CCCCC1. The molecule has 104 valence electrons. The van der Waals surface area contributed by atoms with Crippen molar-refractivity contribution in [2.24, 2.45) is 11.7 Å². The number of benzene rings is 1. The Morgan fingerprint density at radius 3 is 2.42 bits per heavy atom. The van der Waals surface area contributed by atoms with Crippen molar-refractivity contribution in [2.45, 2.75) is 38.6 Å². The van der Waals surface area contributed by atoms with E-state index in [1.165, 1.54) is 44.2 Å². The Labute approximate surface area is 122 Å². The second-order valence-corrected chi connectivity index (χ2v) is 6.20. The van der Waals surface area contributed by atoms with Crippen LogP contribution in [0.1, 0.15) is 43.2 Å². The number of thiocarbonyl (C=S) groups is 1. The maximum Gasteiger partial charge on any atom is 0.103 e. The van der Waals surface area contributed by atoms with Gasteiger partial charge in [0, 0.05) is 18.7 Å². The van der Waals surface area contributed by atoms with Crippen LogP contribution in [-0.2, 0) is 6.54 Å². The smallest absolute Gasteiger partial charge is 0.103 e. The summed E-state index contributed by atoms with van der Waals surface area (Å²) in [5.41, 5.74) is 7.89. The third-order valence-electron chi connectivity index (χ3n) is 3.99. The molecule has 1 fully saturated rings. The van der Waals surface area contributed by atoms with E-state index < -0.39 is 0 Å². The summed E-state index contributed by atoms with van der Waals surface area (Å²) >= 11 is 4.97. The van der Waals surface area contributed by atoms with Gasteiger partial charge in [-0.15, -0.1) is 0 Å². The third-order valence-corrected chi connectivity index (χ3v) is 4.22. The topological polar surface area (TPSA) is 29.3 Å². The Hall–Kier alpha value is -0.930. The summed E-state index contributed by atoms with van der Waals surface area (Å²) in [6.45, 7) is 2.23. The first-order valence-electron chi connectivity index (χ1n) is 7.22. The quantitative estimate of drug-likeness (QED) is 0.836. The number of nitrogens with zero attached hydrogens (tertiary/aromatic N) is 1. The zero-order valence-electron chi connectivity index (χ0n) is 11.8. The van der Waals surface area contributed by atoms with Crippen molar-refractivity contribution in [1.82, 2.24) is 4.90 Å². The van der Waals surface area contributed by atoms with Gasteiger partial charge in [0.15, 0.2) is 0 Å². The molecule has 0 bridgehead atoms. The average molecular weight is 276 g/mol. The third kappa shape index (κ3) is 4.59. The van der Waals surface area contributed by atoms with Crippen LogP contribution in [0.5, 0.6) is 0 Å². The Balaban J connectivity index is 1.83. The molecule has 2 nitrogen and oxygen atoms in total. The summed E-state index contributed by atoms with van der Waals surface area (Å²) in [5.74, 6) is 0.898. The number of nitrogens with two attached hydrogens (primary N) is 1. The highest BCUT2D eigenvalue weighted by Crippen LogP contribution is 2.24. The van der Waals surface area contributed by atoms with Gasteiger partial charge in [0.05, 0.1) is 0 Å². The zero-order valence-corrected chi connectivity index (χ0v) is 12.6. The van der Waals surface area contributed by atoms with Crippen molar-refractivity contribution in [1.29, 1.82) is 0 Å². The molecule has 0 atom stereocenters. The molecule has 3 heteroatoms. The Morgan fingerprint density at radius 2 is 1.84 bits per heavy atom. The lowest BCUT2D eigenvalue weighted by molar-refractivity contribution is 0.228. The van der Waals surface area contributed by atoms with Crippen LogP contribution < -0.4 is 5.73 Å². The fourth-order valence-electron chi connectivity index (χ4n) is 2.96. The van der Waals surface area contributed by atoms with Crippen LogP contribution in [0.15, 0.2) is 24.3 Å². The molecule has 1 aliphatic rings. The molecule has 0 aliphatic heterocycles. The fourth-order valence-corrected chi connectivity index (χ4v) is 3.10. The van der Waals surface area contributed by atoms with E-state index in [1.54, 1.807) is 0 Å². The summed E-state index contributed by atoms with van der Waals surface area (Å²) in [6, 6.07) is 8.30. The normalized spacial score (nSPS) is 16.7. The van der Waals surface area contributed by atoms with Gasteiger partial charge in [-0.3, -0.25) is 0 Å². The molecule has 0 saturated heterocycles. The van der Waals surface area contributed by atoms with E-state index >= 15 is 0 Å². The van der Waals surface area contributed by atoms with Gasteiger partial charge in [0.25, 0.3) is 0 Å². The van der Waals surface area contributed by atoms with E-state index in [1.807, 2.05) is 12.1 Å². The summed E-state index contributed by atoms with van der Waals surface area (Å²) in [4.78, 5) is 2.91. The highest BCUT2D eigenvalue weighted by atomic mass is 32.1. The molecule has 2 N–H and O–H groups in total. The van der Waals surface area contributed by atoms with Crippen molar-refractivity contribution in [3.05, 3.63) is 35.4 Å². The molecular formula is C16H24N2S. The first-order chi connectivity index (χ1) is 9.15. The predicted molar refractivity (Wildman–Crippen MR) is 85.2 cm³/mol. The van der Waals surface area contributed by atoms with Crippen molar-refractivity contribution in [2.75, 3.05) is 13.6 Å². The molecule has 0 aromatic heterocycles. The van der Waals surface area contributed by atoms with Gasteiger partial charge in [0.2, 0.25) is 0 Å². The molecular weight excluding hydrogens is 252 g/mol. The van der Waals surface area contributed by atoms with E-state index in [4.69, 9.17) is 18.0 Å². The summed E-state index contributed by atoms with van der Waals surface area (Å²) in [7, 11) is 2.22. The molecule has 1 saturated carbocycles. The Kier molecular flexibility index (Phi) is 5.34. The van der Waals surface area contributed by atoms with E-state index in [0.29, 0.717) is 4.99 Å². The molecule has 0 amide bonds. The standard InChI is InChI=1S/C16H24N2S/c1-18(11-13-5-3-2-4-6-13)12-14-7-9-15(10-8-14)16(17)19/h7-10,13H,2-6,11-12H2,1H3,(H2,17,19). The summed E-state index contributed by atoms with van der Waals surface area (Å²) < 4.78 is 0. The highest BCUT2D eigenvalue weighted by Gasteiger charge is 2.15. The maximum atomic E-state index is 5.61. The molecule has 1 aromatic carbocycles. The molecule has 1 aliphatic carbocycles. The Morgan fingerprint density at radius 1 is 1.21 bits per heavy atom. The van der Waals surface area contributed by atoms with Gasteiger partial charge in [-0.25, -0.2) is 0 Å². The second kappa shape index (κ2) is 7.01. The first kappa shape index (κ1) is 14.5. The largest absolute Gasteiger partial charge is 0.389 e. The van der Waals surface area contributed by atoms with Crippen LogP contribution in [0, 0.1) is 5.92 Å². The van der Waals surface area contributed by atoms with Crippen molar-refractivity contribution < 1.29 is 0 Å². The first-order valence-corrected chi connectivity index (χ1v) is 7.63. The average Bonchev–Trinajstić information content (AvgIpc) is 2.40. The molecule has 2 rings (SSSR count). The minimum Gasteiger partial charge on any atom is -0.389 e. The summed E-state index contributed by atoms with van der Waals surface area (Å²) in [5, 5.41) is 0. The molecule has 19 heavy (non-hydrogen) atoms. The molecule has 1 aromatic rings. The second-order valence-electron chi connectivity index (χ2n) is 5.76. The number of hydrogen-bond donors (Lipinski definition) is 1. The van der Waals surface area contributed by atoms with E-state index in [2.05, 4.69) is 24.1 Å². The molecule has 0 heterocycles. The lowest BCUT2D eigenvalue weighted by Gasteiger charge is -2.27. The van der Waals surface area contributed by atoms with Gasteiger partial charge < -0.3 is 10.6 Å². The minimum atomic E-state index is 0.474. The van der Waals surface area contributed by atoms with Gasteiger partial charge in [0.1, 0.15) is 4.99 Å². The summed E-state index contributed by atoms with van der Waals surface area (Å²) in [6.07, 6.45) is 7.08. The lowest BCUT2D eigenvalue weighted by atomic mass is 9.89. The van der Waals surface area contributed by atoms with Crippen LogP contribution in [0.3, 0.4) is 0 Å². The lowest BCUT2D eigenvalue weighted by Crippen LogP contribution is -2.26. The van der Waals surface area contributed by atoms with E-state index in [9.17, 15) is 0 Å². The predicted octanol–water partition coefficient (Wildman–Crippen LogP) is 3.33. The van der Waals surface area contributed by atoms with Crippen molar-refractivity contribution >= 4 is 17.2 Å². The highest BCUT2D eigenvalue weighted by molar-refractivity contribution is 7.80. The van der Waals surface area contributed by atoms with Crippen LogP contribution in [0.25, 0.3) is 0 Å². The van der Waals surface area contributed by atoms with Crippen LogP contribution in [-0.4, -0.2) is 23.5 Å². The number of hydrogen-bond acceptors (Lipinski definition) is 2. The van der Waals surface area contributed by atoms with Crippen molar-refractivity contribution in [3.8, 4) is 0 Å². The van der Waals surface area contributed by atoms with Gasteiger partial charge in [-0.2, -0.15) is 0 Å². The van der Waals surface area contributed by atoms with Crippen LogP contribution in [0.4, 0.5) is 0 Å². The van der Waals surface area contributed by atoms with Crippen LogP contribution >= 0.6 is 12.2 Å². The van der Waals surface area contributed by atoms with E-state index in [-0.39, 0.29) is 0 Å². The number of rotatable bonds is 5. The van der Waals surface area contributed by atoms with Crippen LogP contribution in [0.2, 0.25) is 0 Å². The van der Waals surface area contributed by atoms with Gasteiger partial charge >= 0.3 is 0 Å². The Bertz CT molecular complexity index is 407. The maximum absolute atomic E-state index is 5.61. The van der Waals surface area contributed by atoms with Gasteiger partial charge in [-0.05, 0) is 31.4 Å².